The van der Waals surface area contributed by atoms with Gasteiger partial charge in [-0.25, -0.2) is 8.42 Å². The number of nitrogens with zero attached hydrogens (tertiary/aromatic N) is 2. The maximum atomic E-state index is 12.5. The minimum Gasteiger partial charge on any atom is -0.340 e. The lowest BCUT2D eigenvalue weighted by molar-refractivity contribution is 0.0715. The van der Waals surface area contributed by atoms with E-state index < -0.39 is 10.0 Å². The fourth-order valence-electron chi connectivity index (χ4n) is 2.55. The summed E-state index contributed by atoms with van der Waals surface area (Å²) in [6, 6.07) is 7.88. The molecular formula is C15H16ClN3O3S. The summed E-state index contributed by atoms with van der Waals surface area (Å²) in [5.74, 6) is -0.150. The van der Waals surface area contributed by atoms with Gasteiger partial charge in [-0.05, 0) is 31.2 Å². The van der Waals surface area contributed by atoms with Crippen LogP contribution < -0.4 is 4.72 Å². The van der Waals surface area contributed by atoms with E-state index in [0.717, 1.165) is 0 Å². The van der Waals surface area contributed by atoms with Crippen LogP contribution in [0.4, 0.5) is 5.69 Å². The highest BCUT2D eigenvalue weighted by Crippen LogP contribution is 2.23. The molecule has 0 radical (unpaired) electrons. The molecule has 2 aromatic rings. The third kappa shape index (κ3) is 3.07. The number of fused-ring (bicyclic) bond motifs is 1. The van der Waals surface area contributed by atoms with Crippen LogP contribution in [0.15, 0.2) is 41.4 Å². The Morgan fingerprint density at radius 1 is 1.26 bits per heavy atom. The number of sulfonamides is 1. The van der Waals surface area contributed by atoms with Gasteiger partial charge in [0, 0.05) is 30.9 Å². The van der Waals surface area contributed by atoms with Crippen molar-refractivity contribution in [3.8, 4) is 0 Å². The second kappa shape index (κ2) is 5.90. The first kappa shape index (κ1) is 15.9. The van der Waals surface area contributed by atoms with E-state index in [9.17, 15) is 13.2 Å². The molecule has 122 valence electrons. The standard InChI is InChI=1S/C15H16ClN3O3S/c1-2-18-6-7-19-10-13(9-14(19)15(18)20)23(21,22)17-12-5-3-4-11(16)8-12/h3-5,8-10,17H,2,6-7H2,1H3. The van der Waals surface area contributed by atoms with Crippen molar-refractivity contribution in [3.05, 3.63) is 47.2 Å². The zero-order valence-electron chi connectivity index (χ0n) is 12.5. The number of carbonyl (C=O) groups excluding carboxylic acids is 1. The van der Waals surface area contributed by atoms with Crippen molar-refractivity contribution >= 4 is 33.2 Å². The number of hydrogen-bond donors (Lipinski definition) is 1. The minimum absolute atomic E-state index is 0.0683. The molecule has 1 aromatic carbocycles. The SMILES string of the molecule is CCN1CCn2cc(S(=O)(=O)Nc3cccc(Cl)c3)cc2C1=O. The summed E-state index contributed by atoms with van der Waals surface area (Å²) in [5, 5.41) is 0.440. The number of carbonyl (C=O) groups is 1. The smallest absolute Gasteiger partial charge is 0.270 e. The summed E-state index contributed by atoms with van der Waals surface area (Å²) >= 11 is 5.86. The summed E-state index contributed by atoms with van der Waals surface area (Å²) in [4.78, 5) is 14.0. The van der Waals surface area contributed by atoms with Crippen LogP contribution in [0.2, 0.25) is 5.02 Å². The number of amides is 1. The minimum atomic E-state index is -3.77. The fourth-order valence-corrected chi connectivity index (χ4v) is 3.83. The molecule has 1 amide bonds. The molecule has 6 nitrogen and oxygen atoms in total. The highest BCUT2D eigenvalue weighted by Gasteiger charge is 2.27. The van der Waals surface area contributed by atoms with Gasteiger partial charge in [0.15, 0.2) is 0 Å². The van der Waals surface area contributed by atoms with Gasteiger partial charge in [-0.1, -0.05) is 17.7 Å². The highest BCUT2D eigenvalue weighted by molar-refractivity contribution is 7.92. The highest BCUT2D eigenvalue weighted by atomic mass is 35.5. The first-order valence-corrected chi connectivity index (χ1v) is 9.04. The van der Waals surface area contributed by atoms with E-state index in [1.54, 1.807) is 27.7 Å². The van der Waals surface area contributed by atoms with Gasteiger partial charge in [-0.2, -0.15) is 0 Å². The van der Waals surface area contributed by atoms with Crippen molar-refractivity contribution in [2.75, 3.05) is 17.8 Å². The molecule has 1 aliphatic heterocycles. The molecule has 8 heteroatoms. The van der Waals surface area contributed by atoms with Crippen molar-refractivity contribution in [1.82, 2.24) is 9.47 Å². The Bertz CT molecular complexity index is 861. The van der Waals surface area contributed by atoms with E-state index in [-0.39, 0.29) is 10.8 Å². The van der Waals surface area contributed by atoms with E-state index in [1.807, 2.05) is 6.92 Å². The molecule has 23 heavy (non-hydrogen) atoms. The maximum Gasteiger partial charge on any atom is 0.270 e. The van der Waals surface area contributed by atoms with Gasteiger partial charge in [-0.15, -0.1) is 0 Å². The predicted octanol–water partition coefficient (Wildman–Crippen LogP) is 2.42. The number of anilines is 1. The maximum absolute atomic E-state index is 12.5. The van der Waals surface area contributed by atoms with Crippen LogP contribution in [-0.4, -0.2) is 36.9 Å². The molecule has 1 aliphatic rings. The number of halogens is 1. The summed E-state index contributed by atoms with van der Waals surface area (Å²) in [5.41, 5.74) is 0.771. The quantitative estimate of drug-likeness (QED) is 0.917. The molecule has 0 bridgehead atoms. The first-order chi connectivity index (χ1) is 10.9. The fraction of sp³-hybridized carbons (Fsp3) is 0.267. The van der Waals surface area contributed by atoms with Crippen LogP contribution in [0.5, 0.6) is 0 Å². The zero-order chi connectivity index (χ0) is 16.6. The Morgan fingerprint density at radius 2 is 2.04 bits per heavy atom. The number of likely N-dealkylation sites (N-methyl/N-ethyl adjacent to an activating group) is 1. The number of benzene rings is 1. The molecule has 0 fully saturated rings. The molecule has 2 heterocycles. The van der Waals surface area contributed by atoms with Crippen molar-refractivity contribution in [3.63, 3.8) is 0 Å². The number of aromatic nitrogens is 1. The average molecular weight is 354 g/mol. The molecule has 0 spiro atoms. The lowest BCUT2D eigenvalue weighted by Crippen LogP contribution is -2.39. The van der Waals surface area contributed by atoms with E-state index in [4.69, 9.17) is 11.6 Å². The summed E-state index contributed by atoms with van der Waals surface area (Å²) in [7, 11) is -3.77. The van der Waals surface area contributed by atoms with Gasteiger partial charge in [0.1, 0.15) is 10.6 Å². The van der Waals surface area contributed by atoms with E-state index in [2.05, 4.69) is 4.72 Å². The molecule has 1 aromatic heterocycles. The molecule has 1 N–H and O–H groups in total. The van der Waals surface area contributed by atoms with Gasteiger partial charge in [-0.3, -0.25) is 9.52 Å². The van der Waals surface area contributed by atoms with Crippen LogP contribution in [0.25, 0.3) is 0 Å². The Morgan fingerprint density at radius 3 is 2.74 bits per heavy atom. The van der Waals surface area contributed by atoms with E-state index in [1.165, 1.54) is 18.3 Å². The van der Waals surface area contributed by atoms with Crippen molar-refractivity contribution in [2.24, 2.45) is 0 Å². The number of nitrogens with one attached hydrogen (secondary N) is 1. The molecule has 0 unspecified atom stereocenters. The number of rotatable bonds is 4. The van der Waals surface area contributed by atoms with Gasteiger partial charge < -0.3 is 9.47 Å². The molecule has 0 saturated carbocycles. The first-order valence-electron chi connectivity index (χ1n) is 7.18. The number of hydrogen-bond acceptors (Lipinski definition) is 3. The summed E-state index contributed by atoms with van der Waals surface area (Å²) < 4.78 is 29.1. The Labute approximate surface area is 139 Å². The lowest BCUT2D eigenvalue weighted by Gasteiger charge is -2.26. The predicted molar refractivity (Wildman–Crippen MR) is 88.3 cm³/mol. The molecule has 0 atom stereocenters. The van der Waals surface area contributed by atoms with Crippen LogP contribution in [-0.2, 0) is 16.6 Å². The Hall–Kier alpha value is -1.99. The summed E-state index contributed by atoms with van der Waals surface area (Å²) in [6.45, 7) is 3.67. The van der Waals surface area contributed by atoms with Crippen LogP contribution in [0.3, 0.4) is 0 Å². The average Bonchev–Trinajstić information content (AvgIpc) is 2.93. The molecular weight excluding hydrogens is 338 g/mol. The Kier molecular flexibility index (Phi) is 4.08. The van der Waals surface area contributed by atoms with Crippen molar-refractivity contribution < 1.29 is 13.2 Å². The van der Waals surface area contributed by atoms with Crippen LogP contribution in [0.1, 0.15) is 17.4 Å². The van der Waals surface area contributed by atoms with E-state index >= 15 is 0 Å². The monoisotopic (exact) mass is 353 g/mol. The van der Waals surface area contributed by atoms with Crippen molar-refractivity contribution in [2.45, 2.75) is 18.4 Å². The summed E-state index contributed by atoms with van der Waals surface area (Å²) in [6.07, 6.45) is 1.49. The van der Waals surface area contributed by atoms with Crippen molar-refractivity contribution in [1.29, 1.82) is 0 Å². The zero-order valence-corrected chi connectivity index (χ0v) is 14.1. The van der Waals surface area contributed by atoms with Crippen LogP contribution in [0, 0.1) is 0 Å². The second-order valence-corrected chi connectivity index (χ2v) is 7.37. The third-order valence-electron chi connectivity index (χ3n) is 3.76. The lowest BCUT2D eigenvalue weighted by atomic mass is 10.3. The topological polar surface area (TPSA) is 71.4 Å². The molecule has 0 aliphatic carbocycles. The normalized spacial score (nSPS) is 14.7. The van der Waals surface area contributed by atoms with Gasteiger partial charge in [0.2, 0.25) is 0 Å². The van der Waals surface area contributed by atoms with E-state index in [0.29, 0.717) is 36.0 Å². The van der Waals surface area contributed by atoms with Gasteiger partial charge in [0.25, 0.3) is 15.9 Å². The third-order valence-corrected chi connectivity index (χ3v) is 5.34. The van der Waals surface area contributed by atoms with Gasteiger partial charge >= 0.3 is 0 Å². The molecule has 0 saturated heterocycles. The van der Waals surface area contributed by atoms with Crippen LogP contribution >= 0.6 is 11.6 Å². The van der Waals surface area contributed by atoms with Gasteiger partial charge in [0.05, 0.1) is 5.69 Å². The Balaban J connectivity index is 1.92. The largest absolute Gasteiger partial charge is 0.340 e. The molecule has 3 rings (SSSR count). The second-order valence-electron chi connectivity index (χ2n) is 5.26.